The summed E-state index contributed by atoms with van der Waals surface area (Å²) in [7, 11) is -3.49. The number of sulfonamides is 1. The summed E-state index contributed by atoms with van der Waals surface area (Å²) < 4.78 is 26.9. The van der Waals surface area contributed by atoms with Crippen LogP contribution in [0, 0.1) is 6.92 Å². The monoisotopic (exact) mass is 404 g/mol. The van der Waals surface area contributed by atoms with Gasteiger partial charge in [-0.1, -0.05) is 35.9 Å². The summed E-state index contributed by atoms with van der Waals surface area (Å²) in [5.41, 5.74) is 1.03. The molecule has 7 heteroatoms. The van der Waals surface area contributed by atoms with Gasteiger partial charge in [-0.15, -0.1) is 11.8 Å². The molecule has 3 rings (SSSR count). The number of benzene rings is 2. The summed E-state index contributed by atoms with van der Waals surface area (Å²) in [5, 5.41) is 0. The SMILES string of the molecule is Cc1ccc(S(=O)(=O)N2CCN(C(=O)CCSc3ccccc3)CC2)cc1. The normalized spacial score (nSPS) is 15.7. The number of thioether (sulfide) groups is 1. The molecule has 0 radical (unpaired) electrons. The minimum absolute atomic E-state index is 0.0887. The van der Waals surface area contributed by atoms with Crippen LogP contribution in [0.25, 0.3) is 0 Å². The van der Waals surface area contributed by atoms with E-state index in [0.29, 0.717) is 37.5 Å². The van der Waals surface area contributed by atoms with Gasteiger partial charge in [0.1, 0.15) is 0 Å². The molecule has 1 aliphatic rings. The second kappa shape index (κ2) is 8.91. The van der Waals surface area contributed by atoms with E-state index in [0.717, 1.165) is 16.2 Å². The van der Waals surface area contributed by atoms with Crippen molar-refractivity contribution in [1.29, 1.82) is 0 Å². The number of amides is 1. The lowest BCUT2D eigenvalue weighted by Gasteiger charge is -2.34. The van der Waals surface area contributed by atoms with E-state index in [-0.39, 0.29) is 5.91 Å². The topological polar surface area (TPSA) is 57.7 Å². The summed E-state index contributed by atoms with van der Waals surface area (Å²) in [5.74, 6) is 0.816. The average molecular weight is 405 g/mol. The van der Waals surface area contributed by atoms with E-state index >= 15 is 0 Å². The molecule has 5 nitrogen and oxygen atoms in total. The van der Waals surface area contributed by atoms with E-state index in [1.165, 1.54) is 4.31 Å². The fourth-order valence-corrected chi connectivity index (χ4v) is 5.25. The Morgan fingerprint density at radius 3 is 2.22 bits per heavy atom. The van der Waals surface area contributed by atoms with Crippen molar-refractivity contribution in [3.63, 3.8) is 0 Å². The molecule has 1 aliphatic heterocycles. The highest BCUT2D eigenvalue weighted by Crippen LogP contribution is 2.20. The Morgan fingerprint density at radius 2 is 1.59 bits per heavy atom. The third-order valence-electron chi connectivity index (χ3n) is 4.58. The van der Waals surface area contributed by atoms with Crippen molar-refractivity contribution in [2.75, 3.05) is 31.9 Å². The molecule has 1 heterocycles. The smallest absolute Gasteiger partial charge is 0.243 e. The predicted molar refractivity (Wildman–Crippen MR) is 108 cm³/mol. The van der Waals surface area contributed by atoms with E-state index in [1.807, 2.05) is 37.3 Å². The van der Waals surface area contributed by atoms with Crippen molar-refractivity contribution in [2.24, 2.45) is 0 Å². The second-order valence-electron chi connectivity index (χ2n) is 6.51. The molecule has 1 fully saturated rings. The molecule has 1 saturated heterocycles. The number of hydrogen-bond donors (Lipinski definition) is 0. The van der Waals surface area contributed by atoms with Gasteiger partial charge >= 0.3 is 0 Å². The summed E-state index contributed by atoms with van der Waals surface area (Å²) in [6, 6.07) is 16.9. The van der Waals surface area contributed by atoms with E-state index in [9.17, 15) is 13.2 Å². The van der Waals surface area contributed by atoms with Crippen molar-refractivity contribution in [2.45, 2.75) is 23.1 Å². The molecule has 27 heavy (non-hydrogen) atoms. The van der Waals surface area contributed by atoms with Crippen molar-refractivity contribution >= 4 is 27.7 Å². The minimum Gasteiger partial charge on any atom is -0.340 e. The standard InChI is InChI=1S/C20H24N2O3S2/c1-17-7-9-19(10-8-17)27(24,25)22-14-12-21(13-15-22)20(23)11-16-26-18-5-3-2-4-6-18/h2-10H,11-16H2,1H3. The second-order valence-corrected chi connectivity index (χ2v) is 9.62. The summed E-state index contributed by atoms with van der Waals surface area (Å²) in [4.78, 5) is 15.6. The molecule has 2 aromatic carbocycles. The first-order valence-electron chi connectivity index (χ1n) is 8.99. The zero-order valence-corrected chi connectivity index (χ0v) is 17.0. The molecule has 1 amide bonds. The van der Waals surface area contributed by atoms with Crippen LogP contribution in [0.1, 0.15) is 12.0 Å². The lowest BCUT2D eigenvalue weighted by atomic mass is 10.2. The maximum atomic E-state index is 12.7. The van der Waals surface area contributed by atoms with Gasteiger partial charge in [0.2, 0.25) is 15.9 Å². The van der Waals surface area contributed by atoms with Gasteiger partial charge in [0.15, 0.2) is 0 Å². The Hall–Kier alpha value is -1.83. The van der Waals surface area contributed by atoms with E-state index in [2.05, 4.69) is 0 Å². The van der Waals surface area contributed by atoms with Gasteiger partial charge in [-0.3, -0.25) is 4.79 Å². The fraction of sp³-hybridized carbons (Fsp3) is 0.350. The van der Waals surface area contributed by atoms with Gasteiger partial charge in [0.25, 0.3) is 0 Å². The van der Waals surface area contributed by atoms with Gasteiger partial charge in [0, 0.05) is 43.2 Å². The molecule has 0 bridgehead atoms. The molecular formula is C20H24N2O3S2. The maximum absolute atomic E-state index is 12.7. The van der Waals surface area contributed by atoms with Crippen molar-refractivity contribution in [1.82, 2.24) is 9.21 Å². The Balaban J connectivity index is 1.49. The quantitative estimate of drug-likeness (QED) is 0.695. The van der Waals surface area contributed by atoms with E-state index in [1.54, 1.807) is 40.9 Å². The zero-order valence-electron chi connectivity index (χ0n) is 15.4. The van der Waals surface area contributed by atoms with Crippen molar-refractivity contribution < 1.29 is 13.2 Å². The molecule has 0 aliphatic carbocycles. The summed E-state index contributed by atoms with van der Waals surface area (Å²) >= 11 is 1.66. The van der Waals surface area contributed by atoms with Crippen LogP contribution in [-0.4, -0.2) is 55.5 Å². The van der Waals surface area contributed by atoms with Crippen molar-refractivity contribution in [3.05, 3.63) is 60.2 Å². The summed E-state index contributed by atoms with van der Waals surface area (Å²) in [6.45, 7) is 3.50. The van der Waals surface area contributed by atoms with Crippen LogP contribution >= 0.6 is 11.8 Å². The third kappa shape index (κ3) is 5.12. The highest BCUT2D eigenvalue weighted by Gasteiger charge is 2.29. The molecule has 0 spiro atoms. The molecule has 0 N–H and O–H groups in total. The largest absolute Gasteiger partial charge is 0.340 e. The van der Waals surface area contributed by atoms with Crippen LogP contribution in [-0.2, 0) is 14.8 Å². The molecular weight excluding hydrogens is 380 g/mol. The molecule has 0 atom stereocenters. The van der Waals surface area contributed by atoms with Crippen LogP contribution in [0.5, 0.6) is 0 Å². The van der Waals surface area contributed by atoms with Crippen LogP contribution in [0.4, 0.5) is 0 Å². The van der Waals surface area contributed by atoms with Gasteiger partial charge in [-0.2, -0.15) is 4.31 Å². The maximum Gasteiger partial charge on any atom is 0.243 e. The van der Waals surface area contributed by atoms with Crippen LogP contribution < -0.4 is 0 Å². The first-order valence-corrected chi connectivity index (χ1v) is 11.4. The van der Waals surface area contributed by atoms with Gasteiger partial charge in [-0.25, -0.2) is 8.42 Å². The number of aryl methyl sites for hydroxylation is 1. The Bertz CT molecular complexity index is 860. The first-order chi connectivity index (χ1) is 13.0. The lowest BCUT2D eigenvalue weighted by molar-refractivity contribution is -0.131. The number of nitrogens with zero attached hydrogens (tertiary/aromatic N) is 2. The predicted octanol–water partition coefficient (Wildman–Crippen LogP) is 3.01. The molecule has 0 saturated carbocycles. The van der Waals surface area contributed by atoms with Gasteiger partial charge in [-0.05, 0) is 31.2 Å². The van der Waals surface area contributed by atoms with Gasteiger partial charge in [0.05, 0.1) is 4.90 Å². The Kier molecular flexibility index (Phi) is 6.57. The molecule has 0 aromatic heterocycles. The zero-order chi connectivity index (χ0) is 19.3. The van der Waals surface area contributed by atoms with Crippen LogP contribution in [0.3, 0.4) is 0 Å². The highest BCUT2D eigenvalue weighted by molar-refractivity contribution is 7.99. The first kappa shape index (κ1) is 19.9. The molecule has 144 valence electrons. The lowest BCUT2D eigenvalue weighted by Crippen LogP contribution is -2.50. The summed E-state index contributed by atoms with van der Waals surface area (Å²) in [6.07, 6.45) is 0.463. The van der Waals surface area contributed by atoms with Crippen LogP contribution in [0.2, 0.25) is 0 Å². The molecule has 0 unspecified atom stereocenters. The van der Waals surface area contributed by atoms with Crippen LogP contribution in [0.15, 0.2) is 64.4 Å². The third-order valence-corrected chi connectivity index (χ3v) is 7.50. The average Bonchev–Trinajstić information content (AvgIpc) is 2.69. The fourth-order valence-electron chi connectivity index (χ4n) is 2.97. The number of rotatable bonds is 6. The number of carbonyl (C=O) groups is 1. The van der Waals surface area contributed by atoms with E-state index in [4.69, 9.17) is 0 Å². The number of hydrogen-bond acceptors (Lipinski definition) is 4. The van der Waals surface area contributed by atoms with Crippen molar-refractivity contribution in [3.8, 4) is 0 Å². The Morgan fingerprint density at radius 1 is 0.963 bits per heavy atom. The minimum atomic E-state index is -3.49. The number of carbonyl (C=O) groups excluding carboxylic acids is 1. The Labute approximate surface area is 165 Å². The highest BCUT2D eigenvalue weighted by atomic mass is 32.2. The van der Waals surface area contributed by atoms with E-state index < -0.39 is 10.0 Å². The molecule has 2 aromatic rings. The number of piperazine rings is 1. The van der Waals surface area contributed by atoms with Gasteiger partial charge < -0.3 is 4.90 Å².